The summed E-state index contributed by atoms with van der Waals surface area (Å²) >= 11 is 0. The molecule has 0 aromatic heterocycles. The van der Waals surface area contributed by atoms with Gasteiger partial charge in [0.05, 0.1) is 5.60 Å². The molecule has 0 aromatic carbocycles. The number of carboxylic acids is 1. The predicted octanol–water partition coefficient (Wildman–Crippen LogP) is 1.33. The van der Waals surface area contributed by atoms with Gasteiger partial charge in [-0.05, 0) is 38.6 Å². The van der Waals surface area contributed by atoms with Crippen molar-refractivity contribution in [2.75, 3.05) is 13.1 Å². The van der Waals surface area contributed by atoms with Gasteiger partial charge in [0.1, 0.15) is 6.04 Å². The highest BCUT2D eigenvalue weighted by molar-refractivity contribution is 5.73. The molecule has 1 fully saturated rings. The second-order valence-corrected chi connectivity index (χ2v) is 5.41. The fraction of sp³-hybridized carbons (Fsp3) is 0.917. The van der Waals surface area contributed by atoms with E-state index in [4.69, 9.17) is 0 Å². The van der Waals surface area contributed by atoms with Crippen LogP contribution in [0.25, 0.3) is 0 Å². The van der Waals surface area contributed by atoms with Crippen molar-refractivity contribution in [2.45, 2.75) is 51.7 Å². The lowest BCUT2D eigenvalue weighted by Gasteiger charge is -2.30. The molecule has 0 amide bonds. The third kappa shape index (κ3) is 3.46. The molecule has 4 nitrogen and oxygen atoms in total. The molecule has 2 unspecified atom stereocenters. The van der Waals surface area contributed by atoms with Crippen molar-refractivity contribution < 1.29 is 15.0 Å². The summed E-state index contributed by atoms with van der Waals surface area (Å²) in [5.41, 5.74) is -0.630. The second kappa shape index (κ2) is 5.15. The van der Waals surface area contributed by atoms with Gasteiger partial charge in [-0.25, -0.2) is 0 Å². The zero-order chi connectivity index (χ0) is 12.3. The van der Waals surface area contributed by atoms with Crippen molar-refractivity contribution in [1.82, 2.24) is 4.90 Å². The molecule has 2 N–H and O–H groups in total. The van der Waals surface area contributed by atoms with Crippen LogP contribution in [-0.4, -0.2) is 45.8 Å². The Kier molecular flexibility index (Phi) is 4.33. The highest BCUT2D eigenvalue weighted by Crippen LogP contribution is 2.24. The summed E-state index contributed by atoms with van der Waals surface area (Å²) in [6.07, 6.45) is 2.28. The Labute approximate surface area is 97.3 Å². The van der Waals surface area contributed by atoms with Crippen LogP contribution >= 0.6 is 0 Å². The molecule has 1 rings (SSSR count). The molecule has 0 spiro atoms. The Balaban J connectivity index is 2.68. The van der Waals surface area contributed by atoms with Gasteiger partial charge >= 0.3 is 5.97 Å². The number of hydrogen-bond acceptors (Lipinski definition) is 3. The van der Waals surface area contributed by atoms with E-state index < -0.39 is 17.6 Å². The number of hydrogen-bond donors (Lipinski definition) is 2. The largest absolute Gasteiger partial charge is 0.480 e. The molecular formula is C12H23NO3. The number of carbonyl (C=O) groups is 1. The molecule has 0 aromatic rings. The summed E-state index contributed by atoms with van der Waals surface area (Å²) in [5.74, 6) is -0.655. The lowest BCUT2D eigenvalue weighted by atomic mass is 9.98. The topological polar surface area (TPSA) is 60.8 Å². The Morgan fingerprint density at radius 3 is 2.44 bits per heavy atom. The van der Waals surface area contributed by atoms with Crippen LogP contribution in [0.4, 0.5) is 0 Å². The molecule has 94 valence electrons. The van der Waals surface area contributed by atoms with E-state index in [0.717, 1.165) is 19.4 Å². The van der Waals surface area contributed by atoms with Gasteiger partial charge in [-0.1, -0.05) is 13.8 Å². The fourth-order valence-electron chi connectivity index (χ4n) is 2.43. The van der Waals surface area contributed by atoms with Crippen molar-refractivity contribution in [2.24, 2.45) is 5.92 Å². The van der Waals surface area contributed by atoms with Gasteiger partial charge < -0.3 is 10.2 Å². The van der Waals surface area contributed by atoms with Crippen LogP contribution in [-0.2, 0) is 4.79 Å². The summed E-state index contributed by atoms with van der Waals surface area (Å²) in [4.78, 5) is 13.2. The van der Waals surface area contributed by atoms with E-state index in [1.807, 2.05) is 25.7 Å². The number of nitrogens with zero attached hydrogens (tertiary/aromatic N) is 1. The number of rotatable bonds is 3. The molecular weight excluding hydrogens is 206 g/mol. The SMILES string of the molecule is CC(C)C(C(=O)O)N1CCCC(C)(O)CC1. The lowest BCUT2D eigenvalue weighted by Crippen LogP contribution is -2.45. The number of likely N-dealkylation sites (tertiary alicyclic amines) is 1. The fourth-order valence-corrected chi connectivity index (χ4v) is 2.43. The second-order valence-electron chi connectivity index (χ2n) is 5.41. The zero-order valence-electron chi connectivity index (χ0n) is 10.4. The molecule has 0 bridgehead atoms. The maximum absolute atomic E-state index is 11.2. The summed E-state index contributed by atoms with van der Waals surface area (Å²) in [7, 11) is 0. The molecule has 0 saturated carbocycles. The Morgan fingerprint density at radius 2 is 1.94 bits per heavy atom. The van der Waals surface area contributed by atoms with Gasteiger partial charge in [-0.2, -0.15) is 0 Å². The number of carboxylic acid groups (broad SMARTS) is 1. The van der Waals surface area contributed by atoms with Gasteiger partial charge in [-0.3, -0.25) is 9.69 Å². The number of aliphatic carboxylic acids is 1. The molecule has 2 atom stereocenters. The lowest BCUT2D eigenvalue weighted by molar-refractivity contribution is -0.145. The maximum atomic E-state index is 11.2. The van der Waals surface area contributed by atoms with Crippen LogP contribution in [0.1, 0.15) is 40.0 Å². The van der Waals surface area contributed by atoms with E-state index in [2.05, 4.69) is 0 Å². The minimum absolute atomic E-state index is 0.0977. The van der Waals surface area contributed by atoms with Crippen LogP contribution in [0.5, 0.6) is 0 Å². The van der Waals surface area contributed by atoms with Crippen molar-refractivity contribution in [3.8, 4) is 0 Å². The van der Waals surface area contributed by atoms with E-state index in [0.29, 0.717) is 13.0 Å². The Morgan fingerprint density at radius 1 is 1.31 bits per heavy atom. The molecule has 16 heavy (non-hydrogen) atoms. The van der Waals surface area contributed by atoms with Crippen LogP contribution < -0.4 is 0 Å². The third-order valence-electron chi connectivity index (χ3n) is 3.38. The normalized spacial score (nSPS) is 30.1. The summed E-state index contributed by atoms with van der Waals surface area (Å²) in [6, 6.07) is -0.422. The summed E-state index contributed by atoms with van der Waals surface area (Å²) in [6.45, 7) is 7.14. The van der Waals surface area contributed by atoms with Crippen molar-refractivity contribution in [1.29, 1.82) is 0 Å². The molecule has 1 aliphatic heterocycles. The summed E-state index contributed by atoms with van der Waals surface area (Å²) < 4.78 is 0. The van der Waals surface area contributed by atoms with E-state index in [-0.39, 0.29) is 5.92 Å². The average molecular weight is 229 g/mol. The van der Waals surface area contributed by atoms with Crippen molar-refractivity contribution >= 4 is 5.97 Å². The molecule has 0 radical (unpaired) electrons. The molecule has 0 aliphatic carbocycles. The van der Waals surface area contributed by atoms with Gasteiger partial charge in [0.15, 0.2) is 0 Å². The highest BCUT2D eigenvalue weighted by atomic mass is 16.4. The molecule has 1 heterocycles. The number of aliphatic hydroxyl groups is 1. The highest BCUT2D eigenvalue weighted by Gasteiger charge is 2.32. The van der Waals surface area contributed by atoms with Crippen LogP contribution in [0.3, 0.4) is 0 Å². The third-order valence-corrected chi connectivity index (χ3v) is 3.38. The first-order chi connectivity index (χ1) is 7.33. The van der Waals surface area contributed by atoms with E-state index in [1.165, 1.54) is 0 Å². The van der Waals surface area contributed by atoms with E-state index >= 15 is 0 Å². The minimum atomic E-state index is -0.753. The smallest absolute Gasteiger partial charge is 0.321 e. The maximum Gasteiger partial charge on any atom is 0.321 e. The standard InChI is InChI=1S/C12H23NO3/c1-9(2)10(11(14)15)13-7-4-5-12(3,16)6-8-13/h9-10,16H,4-8H2,1-3H3,(H,14,15). The van der Waals surface area contributed by atoms with Gasteiger partial charge in [0.2, 0.25) is 0 Å². The van der Waals surface area contributed by atoms with Crippen LogP contribution in [0.2, 0.25) is 0 Å². The zero-order valence-corrected chi connectivity index (χ0v) is 10.4. The molecule has 4 heteroatoms. The van der Waals surface area contributed by atoms with Gasteiger partial charge in [0, 0.05) is 6.54 Å². The van der Waals surface area contributed by atoms with Crippen molar-refractivity contribution in [3.05, 3.63) is 0 Å². The van der Waals surface area contributed by atoms with Crippen molar-refractivity contribution in [3.63, 3.8) is 0 Å². The van der Waals surface area contributed by atoms with Gasteiger partial charge in [-0.15, -0.1) is 0 Å². The first-order valence-electron chi connectivity index (χ1n) is 6.03. The predicted molar refractivity (Wildman–Crippen MR) is 62.3 cm³/mol. The summed E-state index contributed by atoms with van der Waals surface area (Å²) in [5, 5.41) is 19.2. The Bertz CT molecular complexity index is 251. The average Bonchev–Trinajstić information content (AvgIpc) is 2.27. The Hall–Kier alpha value is -0.610. The monoisotopic (exact) mass is 229 g/mol. The first-order valence-corrected chi connectivity index (χ1v) is 6.03. The molecule has 1 aliphatic rings. The van der Waals surface area contributed by atoms with Crippen LogP contribution in [0, 0.1) is 5.92 Å². The van der Waals surface area contributed by atoms with E-state index in [1.54, 1.807) is 0 Å². The molecule has 1 saturated heterocycles. The minimum Gasteiger partial charge on any atom is -0.480 e. The van der Waals surface area contributed by atoms with Crippen LogP contribution in [0.15, 0.2) is 0 Å². The quantitative estimate of drug-likeness (QED) is 0.766. The van der Waals surface area contributed by atoms with Gasteiger partial charge in [0.25, 0.3) is 0 Å². The van der Waals surface area contributed by atoms with E-state index in [9.17, 15) is 15.0 Å². The first kappa shape index (κ1) is 13.5.